The second kappa shape index (κ2) is 15.5. The molecule has 4 fully saturated rings. The highest BCUT2D eigenvalue weighted by atomic mass is 19.1. The van der Waals surface area contributed by atoms with Crippen LogP contribution in [0.4, 0.5) is 15.8 Å². The number of pyridine rings is 1. The summed E-state index contributed by atoms with van der Waals surface area (Å²) in [5, 5.41) is 13.9. The Labute approximate surface area is 314 Å². The van der Waals surface area contributed by atoms with Crippen LogP contribution in [0.2, 0.25) is 0 Å². The van der Waals surface area contributed by atoms with Gasteiger partial charge in [0.2, 0.25) is 5.91 Å². The van der Waals surface area contributed by atoms with Gasteiger partial charge in [0, 0.05) is 62.4 Å². The minimum Gasteiger partial charge on any atom is -0.393 e. The molecule has 1 unspecified atom stereocenters. The van der Waals surface area contributed by atoms with E-state index in [1.54, 1.807) is 6.07 Å². The molecular formula is C39H50FN11O3. The van der Waals surface area contributed by atoms with Gasteiger partial charge in [0.1, 0.15) is 23.4 Å². The van der Waals surface area contributed by atoms with Crippen LogP contribution >= 0.6 is 0 Å². The number of carbonyl (C=O) groups is 3. The van der Waals surface area contributed by atoms with Gasteiger partial charge in [0.25, 0.3) is 11.8 Å². The highest BCUT2D eigenvalue weighted by Gasteiger charge is 2.35. The van der Waals surface area contributed by atoms with Crippen molar-refractivity contribution >= 4 is 29.1 Å². The van der Waals surface area contributed by atoms with Crippen molar-refractivity contribution in [3.8, 4) is 11.1 Å². The fourth-order valence-electron chi connectivity index (χ4n) is 7.19. The summed E-state index contributed by atoms with van der Waals surface area (Å²) in [7, 11) is 2.01. The molecule has 2 saturated carbocycles. The van der Waals surface area contributed by atoms with Crippen LogP contribution in [0.1, 0.15) is 73.9 Å². The molecule has 1 aromatic carbocycles. The predicted molar refractivity (Wildman–Crippen MR) is 204 cm³/mol. The molecule has 3 aliphatic heterocycles. The maximum Gasteiger partial charge on any atom is 0.272 e. The molecule has 2 saturated heterocycles. The number of fused-ring (bicyclic) bond motifs is 3. The second-order valence-corrected chi connectivity index (χ2v) is 14.6. The molecule has 14 nitrogen and oxygen atoms in total. The molecule has 3 aromatic rings. The number of alkyl halides is 1. The van der Waals surface area contributed by atoms with Crippen LogP contribution in [-0.4, -0.2) is 87.7 Å². The highest BCUT2D eigenvalue weighted by molar-refractivity contribution is 5.96. The van der Waals surface area contributed by atoms with E-state index >= 15 is 0 Å². The van der Waals surface area contributed by atoms with Crippen LogP contribution in [-0.2, 0) is 22.7 Å². The average molecular weight is 740 g/mol. The molecule has 1 atom stereocenters. The first-order chi connectivity index (χ1) is 26.1. The van der Waals surface area contributed by atoms with Crippen LogP contribution in [0.3, 0.4) is 0 Å². The summed E-state index contributed by atoms with van der Waals surface area (Å²) < 4.78 is 15.8. The number of para-hydroxylation sites is 1. The normalized spacial score (nSPS) is 20.1. The molecule has 5 heterocycles. The number of anilines is 2. The van der Waals surface area contributed by atoms with Gasteiger partial charge in [-0.2, -0.15) is 5.10 Å². The Balaban J connectivity index is 0.00000221. The van der Waals surface area contributed by atoms with Gasteiger partial charge in [-0.25, -0.2) is 9.37 Å². The number of amides is 3. The molecule has 286 valence electrons. The minimum absolute atomic E-state index is 0.0234. The maximum atomic E-state index is 13.7. The number of hydrogen-bond donors (Lipinski definition) is 5. The Morgan fingerprint density at radius 2 is 1.74 bits per heavy atom. The number of allylic oxidation sites excluding steroid dienone is 1. The monoisotopic (exact) mass is 739 g/mol. The zero-order chi connectivity index (χ0) is 38.1. The first-order valence-electron chi connectivity index (χ1n) is 19.0. The predicted octanol–water partition coefficient (Wildman–Crippen LogP) is 3.35. The van der Waals surface area contributed by atoms with E-state index < -0.39 is 12.1 Å². The van der Waals surface area contributed by atoms with Crippen molar-refractivity contribution in [2.75, 3.05) is 43.4 Å². The standard InChI is InChI=1S/C37H44FN11O3.C2H6/c1-46-20-31-27(15-41-49(31)25-18-47(19-25)17-24-4-2-7-29(42-24)37(52)48-13-12-22(38)16-48)26-5-3-6-28(34(26)46)44-30(33(40)36(51)43-23-10-11-23)14-32(39)45-35(50)21-8-9-21;1-2/h2-7,14-15,21-23,25,44H,8-13,16-20,39-40H2,1H3,(H,43,51)(H,45,50);1-2H3/b32-14+,33-30+;. The lowest BCUT2D eigenvalue weighted by molar-refractivity contribution is -0.121. The number of halogens is 1. The van der Waals surface area contributed by atoms with Crippen LogP contribution in [0, 0.1) is 5.92 Å². The number of nitrogens with zero attached hydrogens (tertiary/aromatic N) is 6. The molecule has 0 bridgehead atoms. The number of likely N-dealkylation sites (tertiary alicyclic amines) is 2. The van der Waals surface area contributed by atoms with Crippen molar-refractivity contribution in [2.24, 2.45) is 17.4 Å². The second-order valence-electron chi connectivity index (χ2n) is 14.6. The quantitative estimate of drug-likeness (QED) is 0.145. The van der Waals surface area contributed by atoms with Gasteiger partial charge < -0.3 is 37.2 Å². The number of nitrogens with one attached hydrogen (secondary N) is 3. The fraction of sp³-hybridized carbons (Fsp3) is 0.462. The van der Waals surface area contributed by atoms with E-state index in [2.05, 4.69) is 41.5 Å². The summed E-state index contributed by atoms with van der Waals surface area (Å²) in [6, 6.07) is 11.7. The Morgan fingerprint density at radius 3 is 2.44 bits per heavy atom. The van der Waals surface area contributed by atoms with Gasteiger partial charge in [-0.3, -0.25) is 24.0 Å². The van der Waals surface area contributed by atoms with Gasteiger partial charge in [-0.1, -0.05) is 32.0 Å². The third kappa shape index (κ3) is 7.91. The molecule has 54 heavy (non-hydrogen) atoms. The lowest BCUT2D eigenvalue weighted by Gasteiger charge is -2.40. The van der Waals surface area contributed by atoms with Crippen LogP contribution in [0.25, 0.3) is 11.1 Å². The number of carbonyl (C=O) groups excluding carboxylic acids is 3. The summed E-state index contributed by atoms with van der Waals surface area (Å²) in [6.07, 6.45) is 6.33. The summed E-state index contributed by atoms with van der Waals surface area (Å²) in [5.41, 5.74) is 18.8. The van der Waals surface area contributed by atoms with Gasteiger partial charge in [-0.15, -0.1) is 0 Å². The average Bonchev–Trinajstić information content (AvgIpc) is 4.09. The zero-order valence-electron chi connectivity index (χ0n) is 31.1. The fourth-order valence-corrected chi connectivity index (χ4v) is 7.19. The van der Waals surface area contributed by atoms with Crippen LogP contribution < -0.4 is 32.3 Å². The van der Waals surface area contributed by atoms with E-state index in [1.807, 2.05) is 51.4 Å². The maximum absolute atomic E-state index is 13.7. The summed E-state index contributed by atoms with van der Waals surface area (Å²) >= 11 is 0. The van der Waals surface area contributed by atoms with E-state index in [1.165, 1.54) is 11.0 Å². The first-order valence-corrected chi connectivity index (χ1v) is 19.0. The van der Waals surface area contributed by atoms with Gasteiger partial charge >= 0.3 is 0 Å². The van der Waals surface area contributed by atoms with Crippen molar-refractivity contribution < 1.29 is 18.8 Å². The third-order valence-electron chi connectivity index (χ3n) is 10.3. The number of rotatable bonds is 11. The summed E-state index contributed by atoms with van der Waals surface area (Å²) in [6.45, 7) is 7.32. The SMILES string of the molecule is CC.CN1Cc2c(cnn2C2CN(Cc3cccc(C(=O)N4CCC(F)C4)n3)C2)-c2cccc(NC(/C=C(\N)NC(=O)C3CC3)=C(/N)C(=O)NC3CC3)c21. The zero-order valence-corrected chi connectivity index (χ0v) is 31.1. The molecule has 2 aromatic heterocycles. The van der Waals surface area contributed by atoms with Crippen molar-refractivity contribution in [3.05, 3.63) is 83.0 Å². The van der Waals surface area contributed by atoms with Crippen molar-refractivity contribution in [3.63, 3.8) is 0 Å². The lowest BCUT2D eigenvalue weighted by Crippen LogP contribution is -2.48. The Hall–Kier alpha value is -5.44. The van der Waals surface area contributed by atoms with Crippen molar-refractivity contribution in [1.82, 2.24) is 35.2 Å². The lowest BCUT2D eigenvalue weighted by atomic mass is 9.97. The topological polar surface area (TPSA) is 180 Å². The highest BCUT2D eigenvalue weighted by Crippen LogP contribution is 2.44. The summed E-state index contributed by atoms with van der Waals surface area (Å²) in [5.74, 6) is -0.682. The number of benzene rings is 1. The van der Waals surface area contributed by atoms with Crippen LogP contribution in [0.15, 0.2) is 65.9 Å². The third-order valence-corrected chi connectivity index (χ3v) is 10.3. The van der Waals surface area contributed by atoms with E-state index in [-0.39, 0.29) is 47.9 Å². The molecular weight excluding hydrogens is 690 g/mol. The molecule has 3 amide bonds. The molecule has 0 spiro atoms. The van der Waals surface area contributed by atoms with Gasteiger partial charge in [0.05, 0.1) is 53.8 Å². The van der Waals surface area contributed by atoms with E-state index in [4.69, 9.17) is 16.6 Å². The number of nitrogens with two attached hydrogens (primary N) is 2. The summed E-state index contributed by atoms with van der Waals surface area (Å²) in [4.78, 5) is 48.9. The van der Waals surface area contributed by atoms with E-state index in [9.17, 15) is 18.8 Å². The minimum atomic E-state index is -0.967. The van der Waals surface area contributed by atoms with Gasteiger partial charge in [0.15, 0.2) is 0 Å². The smallest absolute Gasteiger partial charge is 0.272 e. The first kappa shape index (κ1) is 36.9. The number of aromatic nitrogens is 3. The molecule has 8 rings (SSSR count). The molecule has 5 aliphatic rings. The Kier molecular flexibility index (Phi) is 10.6. The van der Waals surface area contributed by atoms with Gasteiger partial charge in [-0.05, 0) is 50.3 Å². The van der Waals surface area contributed by atoms with Crippen molar-refractivity contribution in [2.45, 2.75) is 77.3 Å². The van der Waals surface area contributed by atoms with E-state index in [0.29, 0.717) is 37.4 Å². The molecule has 7 N–H and O–H groups in total. The molecule has 0 radical (unpaired) electrons. The Bertz CT molecular complexity index is 1980. The number of hydrogen-bond acceptors (Lipinski definition) is 10. The van der Waals surface area contributed by atoms with Crippen molar-refractivity contribution in [1.29, 1.82) is 0 Å². The Morgan fingerprint density at radius 1 is 0.981 bits per heavy atom. The largest absolute Gasteiger partial charge is 0.393 e. The van der Waals surface area contributed by atoms with Crippen LogP contribution in [0.5, 0.6) is 0 Å². The molecule has 15 heteroatoms. The van der Waals surface area contributed by atoms with E-state index in [0.717, 1.165) is 72.7 Å². The molecule has 2 aliphatic carbocycles.